The van der Waals surface area contributed by atoms with Gasteiger partial charge in [-0.3, -0.25) is 9.78 Å². The smallest absolute Gasteiger partial charge is 0.231 e. The van der Waals surface area contributed by atoms with Crippen molar-refractivity contribution >= 4 is 11.6 Å². The topological polar surface area (TPSA) is 54.0 Å². The summed E-state index contributed by atoms with van der Waals surface area (Å²) >= 11 is 0. The van der Waals surface area contributed by atoms with Crippen molar-refractivity contribution in [2.24, 2.45) is 5.41 Å². The van der Waals surface area contributed by atoms with Gasteiger partial charge in [0.15, 0.2) is 0 Å². The van der Waals surface area contributed by atoms with E-state index in [4.69, 9.17) is 0 Å². The monoisotopic (exact) mass is 247 g/mol. The maximum Gasteiger partial charge on any atom is 0.231 e. The first-order valence-corrected chi connectivity index (χ1v) is 6.61. The van der Waals surface area contributed by atoms with Crippen LogP contribution in [0.5, 0.6) is 0 Å². The lowest BCUT2D eigenvalue weighted by Crippen LogP contribution is -2.47. The third-order valence-electron chi connectivity index (χ3n) is 3.80. The molecule has 1 aromatic heterocycles. The number of pyridine rings is 1. The van der Waals surface area contributed by atoms with Crippen LogP contribution in [-0.4, -0.2) is 24.0 Å². The van der Waals surface area contributed by atoms with Crippen LogP contribution in [-0.2, 0) is 4.79 Å². The summed E-state index contributed by atoms with van der Waals surface area (Å²) in [4.78, 5) is 16.6. The van der Waals surface area contributed by atoms with Gasteiger partial charge in [0, 0.05) is 12.2 Å². The SMILES string of the molecule is CCC1(C(=O)Nc2ccc(C)nc2)CCCNC1. The molecule has 1 fully saturated rings. The molecule has 0 aliphatic carbocycles. The van der Waals surface area contributed by atoms with Crippen LogP contribution in [0.3, 0.4) is 0 Å². The highest BCUT2D eigenvalue weighted by molar-refractivity contribution is 5.95. The molecule has 98 valence electrons. The molecular formula is C14H21N3O. The zero-order chi connectivity index (χ0) is 13.0. The normalized spacial score (nSPS) is 23.7. The Balaban J connectivity index is 2.07. The Morgan fingerprint density at radius 1 is 1.56 bits per heavy atom. The van der Waals surface area contributed by atoms with Crippen molar-refractivity contribution in [3.05, 3.63) is 24.0 Å². The van der Waals surface area contributed by atoms with E-state index in [2.05, 4.69) is 22.5 Å². The quantitative estimate of drug-likeness (QED) is 0.860. The maximum absolute atomic E-state index is 12.4. The van der Waals surface area contributed by atoms with E-state index in [1.165, 1.54) is 0 Å². The Morgan fingerprint density at radius 2 is 2.39 bits per heavy atom. The van der Waals surface area contributed by atoms with Crippen LogP contribution in [0.1, 0.15) is 31.9 Å². The second kappa shape index (κ2) is 5.48. The first-order chi connectivity index (χ1) is 8.66. The maximum atomic E-state index is 12.4. The first-order valence-electron chi connectivity index (χ1n) is 6.61. The Bertz CT molecular complexity index is 408. The number of anilines is 1. The van der Waals surface area contributed by atoms with Gasteiger partial charge in [-0.25, -0.2) is 0 Å². The van der Waals surface area contributed by atoms with Gasteiger partial charge in [0.1, 0.15) is 0 Å². The van der Waals surface area contributed by atoms with Crippen molar-refractivity contribution in [1.82, 2.24) is 10.3 Å². The number of piperidine rings is 1. The zero-order valence-corrected chi connectivity index (χ0v) is 11.1. The minimum absolute atomic E-state index is 0.114. The van der Waals surface area contributed by atoms with E-state index >= 15 is 0 Å². The van der Waals surface area contributed by atoms with Crippen LogP contribution in [0.25, 0.3) is 0 Å². The summed E-state index contributed by atoms with van der Waals surface area (Å²) in [6.07, 6.45) is 4.60. The van der Waals surface area contributed by atoms with E-state index in [1.54, 1.807) is 6.20 Å². The van der Waals surface area contributed by atoms with Crippen LogP contribution in [0.2, 0.25) is 0 Å². The number of aryl methyl sites for hydroxylation is 1. The highest BCUT2D eigenvalue weighted by Crippen LogP contribution is 2.31. The van der Waals surface area contributed by atoms with E-state index < -0.39 is 0 Å². The standard InChI is InChI=1S/C14H21N3O/c1-3-14(7-4-8-15-10-14)13(18)17-12-6-5-11(2)16-9-12/h5-6,9,15H,3-4,7-8,10H2,1-2H3,(H,17,18). The third-order valence-corrected chi connectivity index (χ3v) is 3.80. The second-order valence-electron chi connectivity index (χ2n) is 5.06. The molecule has 0 saturated carbocycles. The number of nitrogens with one attached hydrogen (secondary N) is 2. The highest BCUT2D eigenvalue weighted by atomic mass is 16.2. The third kappa shape index (κ3) is 2.70. The molecule has 4 heteroatoms. The molecule has 0 aromatic carbocycles. The summed E-state index contributed by atoms with van der Waals surface area (Å²) < 4.78 is 0. The van der Waals surface area contributed by atoms with Gasteiger partial charge in [-0.15, -0.1) is 0 Å². The molecule has 4 nitrogen and oxygen atoms in total. The summed E-state index contributed by atoms with van der Waals surface area (Å²) in [5.74, 6) is 0.114. The Hall–Kier alpha value is -1.42. The number of hydrogen-bond donors (Lipinski definition) is 2. The molecule has 1 unspecified atom stereocenters. The minimum Gasteiger partial charge on any atom is -0.324 e. The summed E-state index contributed by atoms with van der Waals surface area (Å²) in [5.41, 5.74) is 1.48. The second-order valence-corrected chi connectivity index (χ2v) is 5.06. The summed E-state index contributed by atoms with van der Waals surface area (Å²) in [5, 5.41) is 6.32. The van der Waals surface area contributed by atoms with Gasteiger partial charge in [-0.05, 0) is 44.9 Å². The van der Waals surface area contributed by atoms with E-state index in [9.17, 15) is 4.79 Å². The van der Waals surface area contributed by atoms with Crippen molar-refractivity contribution in [3.63, 3.8) is 0 Å². The van der Waals surface area contributed by atoms with Crippen molar-refractivity contribution in [2.75, 3.05) is 18.4 Å². The summed E-state index contributed by atoms with van der Waals surface area (Å²) in [7, 11) is 0. The molecule has 1 atom stereocenters. The average Bonchev–Trinajstić information content (AvgIpc) is 2.42. The number of nitrogens with zero attached hydrogens (tertiary/aromatic N) is 1. The number of carbonyl (C=O) groups excluding carboxylic acids is 1. The molecule has 1 saturated heterocycles. The van der Waals surface area contributed by atoms with E-state index in [0.717, 1.165) is 43.7 Å². The number of hydrogen-bond acceptors (Lipinski definition) is 3. The van der Waals surface area contributed by atoms with Gasteiger partial charge >= 0.3 is 0 Å². The molecule has 18 heavy (non-hydrogen) atoms. The lowest BCUT2D eigenvalue weighted by Gasteiger charge is -2.35. The van der Waals surface area contributed by atoms with Gasteiger partial charge < -0.3 is 10.6 Å². The van der Waals surface area contributed by atoms with E-state index in [-0.39, 0.29) is 11.3 Å². The molecule has 2 heterocycles. The molecule has 2 N–H and O–H groups in total. The van der Waals surface area contributed by atoms with Crippen molar-refractivity contribution in [1.29, 1.82) is 0 Å². The molecule has 0 radical (unpaired) electrons. The van der Waals surface area contributed by atoms with Crippen LogP contribution in [0.15, 0.2) is 18.3 Å². The minimum atomic E-state index is -0.261. The summed E-state index contributed by atoms with van der Waals surface area (Å²) in [6.45, 7) is 5.81. The Morgan fingerprint density at radius 3 is 2.94 bits per heavy atom. The van der Waals surface area contributed by atoms with E-state index in [1.807, 2.05) is 19.1 Å². The Labute approximate surface area is 108 Å². The lowest BCUT2D eigenvalue weighted by atomic mass is 9.77. The molecule has 0 spiro atoms. The van der Waals surface area contributed by atoms with Gasteiger partial charge in [0.05, 0.1) is 17.3 Å². The molecule has 1 aliphatic heterocycles. The number of carbonyl (C=O) groups is 1. The van der Waals surface area contributed by atoms with Crippen LogP contribution >= 0.6 is 0 Å². The molecule has 0 bridgehead atoms. The first kappa shape index (κ1) is 13.0. The van der Waals surface area contributed by atoms with Gasteiger partial charge in [-0.2, -0.15) is 0 Å². The van der Waals surface area contributed by atoms with Crippen LogP contribution in [0.4, 0.5) is 5.69 Å². The lowest BCUT2D eigenvalue weighted by molar-refractivity contribution is -0.126. The summed E-state index contributed by atoms with van der Waals surface area (Å²) in [6, 6.07) is 3.81. The average molecular weight is 247 g/mol. The van der Waals surface area contributed by atoms with Crippen LogP contribution in [0, 0.1) is 12.3 Å². The largest absolute Gasteiger partial charge is 0.324 e. The highest BCUT2D eigenvalue weighted by Gasteiger charge is 2.37. The van der Waals surface area contributed by atoms with Gasteiger partial charge in [-0.1, -0.05) is 6.92 Å². The fourth-order valence-electron chi connectivity index (χ4n) is 2.43. The molecule has 1 aromatic rings. The van der Waals surface area contributed by atoms with Gasteiger partial charge in [0.2, 0.25) is 5.91 Å². The van der Waals surface area contributed by atoms with E-state index in [0.29, 0.717) is 0 Å². The van der Waals surface area contributed by atoms with Crippen molar-refractivity contribution < 1.29 is 4.79 Å². The fourth-order valence-corrected chi connectivity index (χ4v) is 2.43. The van der Waals surface area contributed by atoms with Gasteiger partial charge in [0.25, 0.3) is 0 Å². The molecular weight excluding hydrogens is 226 g/mol. The van der Waals surface area contributed by atoms with Crippen molar-refractivity contribution in [3.8, 4) is 0 Å². The zero-order valence-electron chi connectivity index (χ0n) is 11.1. The van der Waals surface area contributed by atoms with Crippen molar-refractivity contribution in [2.45, 2.75) is 33.1 Å². The number of aromatic nitrogens is 1. The predicted octanol–water partition coefficient (Wildman–Crippen LogP) is 2.11. The Kier molecular flexibility index (Phi) is 3.97. The molecule has 1 aliphatic rings. The fraction of sp³-hybridized carbons (Fsp3) is 0.571. The number of amides is 1. The molecule has 1 amide bonds. The molecule has 2 rings (SSSR count). The predicted molar refractivity (Wildman–Crippen MR) is 72.4 cm³/mol. The van der Waals surface area contributed by atoms with Crippen LogP contribution < -0.4 is 10.6 Å². The number of rotatable bonds is 3.